The molecule has 0 bridgehead atoms. The summed E-state index contributed by atoms with van der Waals surface area (Å²) in [5.74, 6) is 3.41. The van der Waals surface area contributed by atoms with Crippen molar-refractivity contribution in [3.05, 3.63) is 21.6 Å². The average Bonchev–Trinajstić information content (AvgIpc) is 2.32. The summed E-state index contributed by atoms with van der Waals surface area (Å²) in [5.41, 5.74) is 0.0950. The highest BCUT2D eigenvalue weighted by Crippen LogP contribution is 2.14. The Balaban J connectivity index is 2.80. The fraction of sp³-hybridized carbons (Fsp3) is 0.455. The lowest BCUT2D eigenvalue weighted by molar-refractivity contribution is 0.664. The molecule has 0 saturated heterocycles. The maximum absolute atomic E-state index is 11.9. The van der Waals surface area contributed by atoms with Gasteiger partial charge >= 0.3 is 0 Å². The van der Waals surface area contributed by atoms with Crippen molar-refractivity contribution in [3.8, 4) is 12.3 Å². The molecule has 0 aliphatic rings. The van der Waals surface area contributed by atoms with Gasteiger partial charge in [0, 0.05) is 6.54 Å². The van der Waals surface area contributed by atoms with Crippen LogP contribution < -0.4 is 10.9 Å². The van der Waals surface area contributed by atoms with E-state index in [1.165, 1.54) is 10.9 Å². The van der Waals surface area contributed by atoms with Crippen LogP contribution in [0, 0.1) is 12.3 Å². The molecule has 6 heteroatoms. The SMILES string of the molecule is C#CCn1ncc(Cl)c(NCCCSC)c1=O. The Morgan fingerprint density at radius 2 is 2.47 bits per heavy atom. The molecule has 92 valence electrons. The molecule has 0 aliphatic heterocycles. The zero-order valence-corrected chi connectivity index (χ0v) is 11.1. The lowest BCUT2D eigenvalue weighted by Gasteiger charge is -2.08. The topological polar surface area (TPSA) is 46.9 Å². The first-order valence-electron chi connectivity index (χ1n) is 5.12. The summed E-state index contributed by atoms with van der Waals surface area (Å²) >= 11 is 7.68. The summed E-state index contributed by atoms with van der Waals surface area (Å²) in [6.07, 6.45) is 9.59. The molecule has 0 unspecified atom stereocenters. The Bertz CT molecular complexity index is 467. The number of thioether (sulfide) groups is 1. The predicted octanol–water partition coefficient (Wildman–Crippen LogP) is 1.69. The number of hydrogen-bond acceptors (Lipinski definition) is 4. The third kappa shape index (κ3) is 3.99. The summed E-state index contributed by atoms with van der Waals surface area (Å²) in [6, 6.07) is 0. The standard InChI is InChI=1S/C11H14ClN3OS/c1-3-6-15-11(16)10(9(12)8-14-15)13-5-4-7-17-2/h1,8,13H,4-7H2,2H3. The highest BCUT2D eigenvalue weighted by atomic mass is 35.5. The van der Waals surface area contributed by atoms with Crippen molar-refractivity contribution >= 4 is 29.1 Å². The van der Waals surface area contributed by atoms with Gasteiger partial charge in [0.15, 0.2) is 0 Å². The molecule has 1 aromatic rings. The second-order valence-corrected chi connectivity index (χ2v) is 4.70. The van der Waals surface area contributed by atoms with Crippen LogP contribution >= 0.6 is 23.4 Å². The quantitative estimate of drug-likeness (QED) is 0.632. The highest BCUT2D eigenvalue weighted by Gasteiger charge is 2.08. The van der Waals surface area contributed by atoms with Gasteiger partial charge in [0.25, 0.3) is 5.56 Å². The Morgan fingerprint density at radius 1 is 1.71 bits per heavy atom. The van der Waals surface area contributed by atoms with Gasteiger partial charge in [-0.25, -0.2) is 4.68 Å². The van der Waals surface area contributed by atoms with E-state index in [4.69, 9.17) is 18.0 Å². The minimum atomic E-state index is -0.278. The number of terminal acetylenes is 1. The monoisotopic (exact) mass is 271 g/mol. The molecule has 0 saturated carbocycles. The number of rotatable bonds is 6. The number of nitrogens with one attached hydrogen (secondary N) is 1. The Hall–Kier alpha value is -1.12. The molecule has 0 aromatic carbocycles. The van der Waals surface area contributed by atoms with E-state index < -0.39 is 0 Å². The third-order valence-corrected chi connectivity index (χ3v) is 3.05. The molecule has 1 heterocycles. The van der Waals surface area contributed by atoms with Gasteiger partial charge in [-0.1, -0.05) is 17.5 Å². The zero-order valence-electron chi connectivity index (χ0n) is 9.57. The molecule has 4 nitrogen and oxygen atoms in total. The molecule has 1 N–H and O–H groups in total. The Kier molecular flexibility index (Phi) is 5.95. The second-order valence-electron chi connectivity index (χ2n) is 3.31. The van der Waals surface area contributed by atoms with Gasteiger partial charge < -0.3 is 5.32 Å². The lowest BCUT2D eigenvalue weighted by atomic mass is 10.4. The van der Waals surface area contributed by atoms with Gasteiger partial charge in [-0.15, -0.1) is 6.42 Å². The molecule has 0 amide bonds. The van der Waals surface area contributed by atoms with Crippen LogP contribution in [0.3, 0.4) is 0 Å². The molecule has 0 aliphatic carbocycles. The van der Waals surface area contributed by atoms with Crippen molar-refractivity contribution in [2.45, 2.75) is 13.0 Å². The van der Waals surface area contributed by atoms with Crippen molar-refractivity contribution in [2.75, 3.05) is 23.9 Å². The summed E-state index contributed by atoms with van der Waals surface area (Å²) in [4.78, 5) is 11.9. The van der Waals surface area contributed by atoms with Gasteiger partial charge in [-0.2, -0.15) is 16.9 Å². The molecule has 1 rings (SSSR count). The molecule has 0 fully saturated rings. The van der Waals surface area contributed by atoms with E-state index in [1.807, 2.05) is 6.26 Å². The number of hydrogen-bond donors (Lipinski definition) is 1. The Morgan fingerprint density at radius 3 is 3.12 bits per heavy atom. The molecular formula is C11H14ClN3OS. The maximum Gasteiger partial charge on any atom is 0.292 e. The van der Waals surface area contributed by atoms with E-state index in [9.17, 15) is 4.79 Å². The van der Waals surface area contributed by atoms with E-state index in [1.54, 1.807) is 11.8 Å². The minimum absolute atomic E-state index is 0.148. The predicted molar refractivity (Wildman–Crippen MR) is 73.8 cm³/mol. The van der Waals surface area contributed by atoms with Crippen molar-refractivity contribution in [1.82, 2.24) is 9.78 Å². The minimum Gasteiger partial charge on any atom is -0.379 e. The molecule has 0 radical (unpaired) electrons. The molecule has 0 spiro atoms. The summed E-state index contributed by atoms with van der Waals surface area (Å²) in [7, 11) is 0. The van der Waals surface area contributed by atoms with Gasteiger partial charge in [0.2, 0.25) is 0 Å². The van der Waals surface area contributed by atoms with Gasteiger partial charge in [0.05, 0.1) is 11.2 Å². The van der Waals surface area contributed by atoms with Crippen LogP contribution in [0.2, 0.25) is 5.02 Å². The van der Waals surface area contributed by atoms with Crippen LogP contribution in [0.25, 0.3) is 0 Å². The van der Waals surface area contributed by atoms with E-state index in [0.29, 0.717) is 17.3 Å². The van der Waals surface area contributed by atoms with E-state index >= 15 is 0 Å². The number of anilines is 1. The van der Waals surface area contributed by atoms with Crippen molar-refractivity contribution < 1.29 is 0 Å². The zero-order chi connectivity index (χ0) is 12.7. The summed E-state index contributed by atoms with van der Waals surface area (Å²) in [5, 5.41) is 7.21. The first-order chi connectivity index (χ1) is 8.20. The van der Waals surface area contributed by atoms with Crippen molar-refractivity contribution in [2.24, 2.45) is 0 Å². The fourth-order valence-corrected chi connectivity index (χ4v) is 1.88. The number of halogens is 1. The maximum atomic E-state index is 11.9. The summed E-state index contributed by atoms with van der Waals surface area (Å²) in [6.45, 7) is 0.853. The molecule has 0 atom stereocenters. The molecular weight excluding hydrogens is 258 g/mol. The van der Waals surface area contributed by atoms with Crippen LogP contribution in [-0.2, 0) is 6.54 Å². The van der Waals surface area contributed by atoms with Crippen LogP contribution in [0.4, 0.5) is 5.69 Å². The first kappa shape index (κ1) is 13.9. The molecule has 1 aromatic heterocycles. The smallest absolute Gasteiger partial charge is 0.292 e. The van der Waals surface area contributed by atoms with Crippen LogP contribution in [0.1, 0.15) is 6.42 Å². The van der Waals surface area contributed by atoms with E-state index in [2.05, 4.69) is 16.3 Å². The normalized spacial score (nSPS) is 9.94. The van der Waals surface area contributed by atoms with Crippen LogP contribution in [0.5, 0.6) is 0 Å². The van der Waals surface area contributed by atoms with Crippen molar-refractivity contribution in [1.29, 1.82) is 0 Å². The lowest BCUT2D eigenvalue weighted by Crippen LogP contribution is -2.26. The van der Waals surface area contributed by atoms with Gasteiger partial charge in [-0.3, -0.25) is 4.79 Å². The largest absolute Gasteiger partial charge is 0.379 e. The average molecular weight is 272 g/mol. The van der Waals surface area contributed by atoms with Gasteiger partial charge in [-0.05, 0) is 18.4 Å². The number of nitrogens with zero attached hydrogens (tertiary/aromatic N) is 2. The van der Waals surface area contributed by atoms with E-state index in [0.717, 1.165) is 12.2 Å². The molecule has 17 heavy (non-hydrogen) atoms. The van der Waals surface area contributed by atoms with Crippen LogP contribution in [0.15, 0.2) is 11.0 Å². The highest BCUT2D eigenvalue weighted by molar-refractivity contribution is 7.98. The first-order valence-corrected chi connectivity index (χ1v) is 6.89. The van der Waals surface area contributed by atoms with Gasteiger partial charge in [0.1, 0.15) is 12.2 Å². The van der Waals surface area contributed by atoms with Crippen LogP contribution in [-0.4, -0.2) is 28.3 Å². The number of aromatic nitrogens is 2. The fourth-order valence-electron chi connectivity index (χ4n) is 1.26. The summed E-state index contributed by atoms with van der Waals surface area (Å²) < 4.78 is 1.21. The second kappa shape index (κ2) is 7.25. The van der Waals surface area contributed by atoms with E-state index in [-0.39, 0.29) is 12.1 Å². The Labute approximate surface area is 110 Å². The van der Waals surface area contributed by atoms with Crippen molar-refractivity contribution in [3.63, 3.8) is 0 Å². The third-order valence-electron chi connectivity index (χ3n) is 2.07.